The first-order valence-corrected chi connectivity index (χ1v) is 14.4. The molecule has 2 fully saturated rings. The molecule has 0 unspecified atom stereocenters. The van der Waals surface area contributed by atoms with E-state index in [0.29, 0.717) is 12.8 Å². The van der Waals surface area contributed by atoms with Crippen LogP contribution in [0.25, 0.3) is 0 Å². The summed E-state index contributed by atoms with van der Waals surface area (Å²) >= 11 is 0. The SMILES string of the molecule is CCC(CC)N1C(=O)c2cccc(N=Nc3c(O)n(C4CCCCC4)c(=O)n(C4CCCCC4)c3=O)c2C1=O.[Cu+2]. The third kappa shape index (κ3) is 5.21. The van der Waals surface area contributed by atoms with E-state index in [2.05, 4.69) is 10.2 Å². The van der Waals surface area contributed by atoms with Crippen LogP contribution in [0.1, 0.15) is 124 Å². The predicted octanol–water partition coefficient (Wildman–Crippen LogP) is 5.92. The molecule has 40 heavy (non-hydrogen) atoms. The van der Waals surface area contributed by atoms with Gasteiger partial charge in [0, 0.05) is 18.1 Å². The standard InChI is InChI=1S/C29H37N5O5.Cu/c1-3-18(4-2)32-25(35)21-16-11-17-22(23(21)26(32)36)30-31-24-27(37)33(19-12-7-5-8-13-19)29(39)34(28(24)38)20-14-9-6-10-15-20;/h11,16-20,37H,3-10,12-15H2,1-2H3;/q;+2. The molecule has 0 saturated heterocycles. The molecule has 10 nitrogen and oxygen atoms in total. The predicted molar refractivity (Wildman–Crippen MR) is 146 cm³/mol. The van der Waals surface area contributed by atoms with Gasteiger partial charge in [-0.2, -0.15) is 0 Å². The summed E-state index contributed by atoms with van der Waals surface area (Å²) in [6, 6.07) is 4.08. The molecule has 3 aliphatic rings. The Morgan fingerprint density at radius 1 is 0.825 bits per heavy atom. The first kappa shape index (κ1) is 29.9. The van der Waals surface area contributed by atoms with Crippen molar-refractivity contribution in [3.05, 3.63) is 50.2 Å². The smallest absolute Gasteiger partial charge is 0.493 e. The number of carbonyl (C=O) groups is 2. The zero-order valence-electron chi connectivity index (χ0n) is 23.1. The summed E-state index contributed by atoms with van der Waals surface area (Å²) < 4.78 is 2.60. The molecule has 1 aromatic carbocycles. The van der Waals surface area contributed by atoms with E-state index in [1.807, 2.05) is 13.8 Å². The second kappa shape index (κ2) is 12.6. The number of imide groups is 1. The van der Waals surface area contributed by atoms with E-state index in [0.717, 1.165) is 64.2 Å². The molecule has 0 atom stereocenters. The van der Waals surface area contributed by atoms with Crippen molar-refractivity contribution in [1.29, 1.82) is 0 Å². The summed E-state index contributed by atoms with van der Waals surface area (Å²) in [5, 5.41) is 19.6. The number of amides is 2. The molecule has 0 spiro atoms. The van der Waals surface area contributed by atoms with Crippen LogP contribution in [0.15, 0.2) is 38.0 Å². The van der Waals surface area contributed by atoms with Crippen molar-refractivity contribution in [2.45, 2.75) is 109 Å². The topological polar surface area (TPSA) is 126 Å². The maximum atomic E-state index is 13.6. The Hall–Kier alpha value is -3.04. The molecular weight excluding hydrogens is 562 g/mol. The minimum Gasteiger partial charge on any atom is -0.493 e. The van der Waals surface area contributed by atoms with Gasteiger partial charge in [-0.05, 0) is 50.7 Å². The van der Waals surface area contributed by atoms with Crippen molar-refractivity contribution in [2.24, 2.45) is 10.2 Å². The molecular formula is C29H37CuN5O5+2. The van der Waals surface area contributed by atoms with Crippen molar-refractivity contribution < 1.29 is 31.8 Å². The minimum absolute atomic E-state index is 0. The summed E-state index contributed by atoms with van der Waals surface area (Å²) in [7, 11) is 0. The molecule has 0 bridgehead atoms. The summed E-state index contributed by atoms with van der Waals surface area (Å²) in [5.41, 5.74) is -0.925. The number of rotatable bonds is 7. The largest absolute Gasteiger partial charge is 2.00 e. The summed E-state index contributed by atoms with van der Waals surface area (Å²) in [6.07, 6.45) is 10.0. The van der Waals surface area contributed by atoms with Crippen molar-refractivity contribution in [3.8, 4) is 5.88 Å². The van der Waals surface area contributed by atoms with Gasteiger partial charge >= 0.3 is 22.8 Å². The number of hydrogen-bond donors (Lipinski definition) is 1. The third-order valence-electron chi connectivity index (χ3n) is 8.64. The Bertz CT molecular complexity index is 1420. The molecule has 1 radical (unpaired) electrons. The molecule has 2 aromatic rings. The van der Waals surface area contributed by atoms with Crippen LogP contribution in [0.3, 0.4) is 0 Å². The van der Waals surface area contributed by atoms with Gasteiger partial charge in [0.25, 0.3) is 17.4 Å². The number of carbonyl (C=O) groups excluding carboxylic acids is 2. The second-order valence-electron chi connectivity index (χ2n) is 10.9. The van der Waals surface area contributed by atoms with Gasteiger partial charge < -0.3 is 5.11 Å². The maximum absolute atomic E-state index is 13.6. The van der Waals surface area contributed by atoms with Crippen molar-refractivity contribution in [2.75, 3.05) is 0 Å². The van der Waals surface area contributed by atoms with E-state index in [9.17, 15) is 24.3 Å². The van der Waals surface area contributed by atoms with Crippen LogP contribution in [0, 0.1) is 0 Å². The number of nitrogens with zero attached hydrogens (tertiary/aromatic N) is 5. The fourth-order valence-electron chi connectivity index (χ4n) is 6.49. The number of aromatic hydroxyl groups is 1. The van der Waals surface area contributed by atoms with Crippen molar-refractivity contribution in [3.63, 3.8) is 0 Å². The number of fused-ring (bicyclic) bond motifs is 1. The van der Waals surface area contributed by atoms with Gasteiger partial charge in [-0.25, -0.2) is 4.79 Å². The molecule has 217 valence electrons. The van der Waals surface area contributed by atoms with Gasteiger partial charge in [-0.1, -0.05) is 58.4 Å². The number of hydrogen-bond acceptors (Lipinski definition) is 7. The van der Waals surface area contributed by atoms with Crippen molar-refractivity contribution >= 4 is 23.2 Å². The fraction of sp³-hybridized carbons (Fsp3) is 0.586. The van der Waals surface area contributed by atoms with Crippen molar-refractivity contribution in [1.82, 2.24) is 14.0 Å². The van der Waals surface area contributed by atoms with Gasteiger partial charge in [-0.3, -0.25) is 28.4 Å². The Balaban J connectivity index is 0.00000370. The first-order valence-electron chi connectivity index (χ1n) is 14.4. The van der Waals surface area contributed by atoms with E-state index in [-0.39, 0.29) is 63.6 Å². The summed E-state index contributed by atoms with van der Waals surface area (Å²) in [6.45, 7) is 3.86. The molecule has 2 heterocycles. The third-order valence-corrected chi connectivity index (χ3v) is 8.64. The Morgan fingerprint density at radius 3 is 1.98 bits per heavy atom. The second-order valence-corrected chi connectivity index (χ2v) is 10.9. The summed E-state index contributed by atoms with van der Waals surface area (Å²) in [4.78, 5) is 55.0. The Morgan fingerprint density at radius 2 is 1.40 bits per heavy atom. The zero-order chi connectivity index (χ0) is 27.7. The van der Waals surface area contributed by atoms with Crippen LogP contribution < -0.4 is 11.2 Å². The molecule has 1 aliphatic heterocycles. The quantitative estimate of drug-likeness (QED) is 0.240. The average molecular weight is 599 g/mol. The van der Waals surface area contributed by atoms with Crippen LogP contribution in [-0.4, -0.2) is 37.0 Å². The molecule has 1 N–H and O–H groups in total. The Labute approximate surface area is 244 Å². The van der Waals surface area contributed by atoms with Crippen LogP contribution >= 0.6 is 0 Å². The molecule has 2 saturated carbocycles. The van der Waals surface area contributed by atoms with Gasteiger partial charge in [0.1, 0.15) is 0 Å². The van der Waals surface area contributed by atoms with Crippen LogP contribution in [0.4, 0.5) is 11.4 Å². The summed E-state index contributed by atoms with van der Waals surface area (Å²) in [5.74, 6) is -1.29. The maximum Gasteiger partial charge on any atom is 2.00 e. The number of aromatic nitrogens is 2. The Kier molecular flexibility index (Phi) is 9.46. The van der Waals surface area contributed by atoms with E-state index >= 15 is 0 Å². The average Bonchev–Trinajstić information content (AvgIpc) is 3.21. The van der Waals surface area contributed by atoms with Gasteiger partial charge in [0.2, 0.25) is 11.6 Å². The molecule has 2 amide bonds. The van der Waals surface area contributed by atoms with Crippen LogP contribution in [0.2, 0.25) is 0 Å². The fourth-order valence-corrected chi connectivity index (χ4v) is 6.49. The van der Waals surface area contributed by atoms with Crippen LogP contribution in [0.5, 0.6) is 5.88 Å². The first-order chi connectivity index (χ1) is 18.9. The minimum atomic E-state index is -0.672. The van der Waals surface area contributed by atoms with Gasteiger partial charge in [-0.15, -0.1) is 10.2 Å². The molecule has 11 heteroatoms. The van der Waals surface area contributed by atoms with Gasteiger partial charge in [0.05, 0.1) is 16.8 Å². The van der Waals surface area contributed by atoms with Gasteiger partial charge in [0.15, 0.2) is 0 Å². The number of benzene rings is 1. The molecule has 2 aliphatic carbocycles. The molecule has 1 aromatic heterocycles. The van der Waals surface area contributed by atoms with Crippen LogP contribution in [-0.2, 0) is 17.1 Å². The molecule has 5 rings (SSSR count). The van der Waals surface area contributed by atoms with E-state index in [4.69, 9.17) is 0 Å². The van der Waals surface area contributed by atoms with E-state index in [1.54, 1.807) is 18.2 Å². The van der Waals surface area contributed by atoms with E-state index in [1.165, 1.54) is 14.0 Å². The monoisotopic (exact) mass is 598 g/mol. The zero-order valence-corrected chi connectivity index (χ0v) is 24.0. The van der Waals surface area contributed by atoms with E-state index < -0.39 is 23.0 Å². The normalized spacial score (nSPS) is 18.5. The number of azo groups is 1.